The molecule has 102 valence electrons. The van der Waals surface area contributed by atoms with E-state index >= 15 is 0 Å². The number of carboxylic acid groups (broad SMARTS) is 1. The van der Waals surface area contributed by atoms with E-state index in [-0.39, 0.29) is 5.91 Å². The number of hydrogen-bond donors (Lipinski definition) is 1. The van der Waals surface area contributed by atoms with Crippen molar-refractivity contribution in [3.63, 3.8) is 0 Å². The predicted molar refractivity (Wildman–Crippen MR) is 74.2 cm³/mol. The van der Waals surface area contributed by atoms with Gasteiger partial charge in [0, 0.05) is 29.7 Å². The topological polar surface area (TPSA) is 57.6 Å². The van der Waals surface area contributed by atoms with Crippen LogP contribution in [-0.2, 0) is 15.1 Å². The summed E-state index contributed by atoms with van der Waals surface area (Å²) in [6.45, 7) is 3.63. The van der Waals surface area contributed by atoms with Gasteiger partial charge in [-0.3, -0.25) is 4.79 Å². The molecule has 0 saturated carbocycles. The summed E-state index contributed by atoms with van der Waals surface area (Å²) in [7, 11) is 0. The lowest BCUT2D eigenvalue weighted by Crippen LogP contribution is -2.55. The van der Waals surface area contributed by atoms with Gasteiger partial charge in [0.15, 0.2) is 5.54 Å². The Morgan fingerprint density at radius 3 is 2.68 bits per heavy atom. The molecule has 1 heterocycles. The molecule has 1 N–H and O–H groups in total. The Morgan fingerprint density at radius 1 is 1.42 bits per heavy atom. The molecule has 1 amide bonds. The molecule has 1 aromatic carbocycles. The molecular weight excluding hydrogens is 262 g/mol. The fourth-order valence-electron chi connectivity index (χ4n) is 2.76. The fourth-order valence-corrected chi connectivity index (χ4v) is 3.94. The number of thioether (sulfide) groups is 1. The lowest BCUT2D eigenvalue weighted by molar-refractivity contribution is -0.160. The lowest BCUT2D eigenvalue weighted by atomic mass is 9.84. The molecule has 1 aliphatic heterocycles. The Kier molecular flexibility index (Phi) is 3.85. The van der Waals surface area contributed by atoms with E-state index in [1.807, 2.05) is 31.2 Å². The molecule has 0 spiro atoms. The van der Waals surface area contributed by atoms with Gasteiger partial charge in [0.05, 0.1) is 0 Å². The highest BCUT2D eigenvalue weighted by Gasteiger charge is 2.49. The van der Waals surface area contributed by atoms with E-state index in [2.05, 4.69) is 0 Å². The average molecular weight is 279 g/mol. The summed E-state index contributed by atoms with van der Waals surface area (Å²) in [5.41, 5.74) is -0.488. The van der Waals surface area contributed by atoms with Crippen molar-refractivity contribution in [1.82, 2.24) is 4.90 Å². The number of carbonyl (C=O) groups excluding carboxylic acids is 1. The van der Waals surface area contributed by atoms with E-state index in [9.17, 15) is 14.7 Å². The SMILES string of the molecule is CCN(C(C)=O)C1(C(=O)O)CCSc2ccccc21. The molecule has 1 unspecified atom stereocenters. The Hall–Kier alpha value is -1.49. The highest BCUT2D eigenvalue weighted by atomic mass is 32.2. The van der Waals surface area contributed by atoms with Crippen molar-refractivity contribution in [2.75, 3.05) is 12.3 Å². The quantitative estimate of drug-likeness (QED) is 0.922. The van der Waals surface area contributed by atoms with E-state index in [1.165, 1.54) is 11.8 Å². The van der Waals surface area contributed by atoms with Gasteiger partial charge in [-0.25, -0.2) is 4.79 Å². The van der Waals surface area contributed by atoms with Crippen LogP contribution in [0.1, 0.15) is 25.8 Å². The highest BCUT2D eigenvalue weighted by molar-refractivity contribution is 7.99. The Bertz CT molecular complexity index is 517. The zero-order chi connectivity index (χ0) is 14.0. The third-order valence-corrected chi connectivity index (χ3v) is 4.64. The van der Waals surface area contributed by atoms with Gasteiger partial charge in [-0.1, -0.05) is 18.2 Å². The van der Waals surface area contributed by atoms with Crippen molar-refractivity contribution < 1.29 is 14.7 Å². The summed E-state index contributed by atoms with van der Waals surface area (Å²) in [6, 6.07) is 7.47. The minimum absolute atomic E-state index is 0.202. The largest absolute Gasteiger partial charge is 0.479 e. The standard InChI is InChI=1S/C14H17NO3S/c1-3-15(10(2)16)14(13(17)18)8-9-19-12-7-5-4-6-11(12)14/h4-7H,3,8-9H2,1-2H3,(H,17,18). The molecule has 0 aromatic heterocycles. The zero-order valence-electron chi connectivity index (χ0n) is 11.0. The van der Waals surface area contributed by atoms with Crippen LogP contribution in [0.25, 0.3) is 0 Å². The summed E-state index contributed by atoms with van der Waals surface area (Å²) in [4.78, 5) is 26.2. The van der Waals surface area contributed by atoms with Gasteiger partial charge < -0.3 is 10.0 Å². The van der Waals surface area contributed by atoms with Crippen LogP contribution >= 0.6 is 11.8 Å². The molecule has 0 radical (unpaired) electrons. The molecule has 2 rings (SSSR count). The Balaban J connectivity index is 2.65. The molecule has 0 fully saturated rings. The second kappa shape index (κ2) is 5.25. The van der Waals surface area contributed by atoms with Gasteiger partial charge in [0.2, 0.25) is 5.91 Å². The van der Waals surface area contributed by atoms with Crippen molar-refractivity contribution >= 4 is 23.6 Å². The van der Waals surface area contributed by atoms with Crippen LogP contribution < -0.4 is 0 Å². The van der Waals surface area contributed by atoms with E-state index in [0.29, 0.717) is 18.7 Å². The first-order chi connectivity index (χ1) is 9.04. The van der Waals surface area contributed by atoms with Crippen molar-refractivity contribution in [2.24, 2.45) is 0 Å². The third kappa shape index (κ3) is 2.12. The number of likely N-dealkylation sites (N-methyl/N-ethyl adjacent to an activating group) is 1. The lowest BCUT2D eigenvalue weighted by Gasteiger charge is -2.43. The maximum atomic E-state index is 11.9. The number of carboxylic acids is 1. The van der Waals surface area contributed by atoms with Crippen LogP contribution in [0.4, 0.5) is 0 Å². The average Bonchev–Trinajstić information content (AvgIpc) is 2.39. The second-order valence-corrected chi connectivity index (χ2v) is 5.66. The van der Waals surface area contributed by atoms with Gasteiger partial charge in [-0.05, 0) is 19.4 Å². The Labute approximate surface area is 116 Å². The molecule has 0 aliphatic carbocycles. The first-order valence-corrected chi connectivity index (χ1v) is 7.26. The normalized spacial score (nSPS) is 21.6. The molecule has 1 aromatic rings. The number of carbonyl (C=O) groups is 2. The third-order valence-electron chi connectivity index (χ3n) is 3.56. The van der Waals surface area contributed by atoms with Gasteiger partial charge in [-0.2, -0.15) is 0 Å². The molecule has 0 bridgehead atoms. The number of aliphatic carboxylic acids is 1. The van der Waals surface area contributed by atoms with E-state index in [0.717, 1.165) is 10.5 Å². The minimum Gasteiger partial charge on any atom is -0.479 e. The minimum atomic E-state index is -1.22. The van der Waals surface area contributed by atoms with Crippen LogP contribution in [0, 0.1) is 0 Å². The van der Waals surface area contributed by atoms with Crippen molar-refractivity contribution in [1.29, 1.82) is 0 Å². The molecule has 19 heavy (non-hydrogen) atoms. The first kappa shape index (κ1) is 13.9. The summed E-state index contributed by atoms with van der Waals surface area (Å²) < 4.78 is 0. The van der Waals surface area contributed by atoms with Crippen LogP contribution in [0.2, 0.25) is 0 Å². The summed E-state index contributed by atoms with van der Waals surface area (Å²) in [5, 5.41) is 9.78. The Morgan fingerprint density at radius 2 is 2.11 bits per heavy atom. The van der Waals surface area contributed by atoms with Gasteiger partial charge >= 0.3 is 5.97 Å². The van der Waals surface area contributed by atoms with E-state index in [1.54, 1.807) is 11.8 Å². The molecule has 1 aliphatic rings. The summed E-state index contributed by atoms with van der Waals surface area (Å²) in [6.07, 6.45) is 0.442. The van der Waals surface area contributed by atoms with Crippen LogP contribution in [0.3, 0.4) is 0 Å². The summed E-state index contributed by atoms with van der Waals surface area (Å²) in [5.74, 6) is -0.448. The van der Waals surface area contributed by atoms with Gasteiger partial charge in [0.1, 0.15) is 0 Å². The highest BCUT2D eigenvalue weighted by Crippen LogP contribution is 2.44. The smallest absolute Gasteiger partial charge is 0.334 e. The predicted octanol–water partition coefficient (Wildman–Crippen LogP) is 2.33. The first-order valence-electron chi connectivity index (χ1n) is 6.28. The number of amides is 1. The zero-order valence-corrected chi connectivity index (χ0v) is 11.9. The molecular formula is C14H17NO3S. The maximum Gasteiger partial charge on any atom is 0.334 e. The summed E-state index contributed by atoms with van der Waals surface area (Å²) >= 11 is 1.65. The van der Waals surface area contributed by atoms with Crippen LogP contribution in [0.5, 0.6) is 0 Å². The monoisotopic (exact) mass is 279 g/mol. The molecule has 1 atom stereocenters. The fraction of sp³-hybridized carbons (Fsp3) is 0.429. The van der Waals surface area contributed by atoms with Crippen LogP contribution in [-0.4, -0.2) is 34.2 Å². The van der Waals surface area contributed by atoms with Crippen molar-refractivity contribution in [3.05, 3.63) is 29.8 Å². The number of nitrogens with zero attached hydrogens (tertiary/aromatic N) is 1. The molecule has 4 nitrogen and oxygen atoms in total. The number of hydrogen-bond acceptors (Lipinski definition) is 3. The number of rotatable bonds is 3. The number of benzene rings is 1. The van der Waals surface area contributed by atoms with Gasteiger partial charge in [-0.15, -0.1) is 11.8 Å². The second-order valence-electron chi connectivity index (χ2n) is 4.52. The van der Waals surface area contributed by atoms with Crippen molar-refractivity contribution in [2.45, 2.75) is 30.7 Å². The molecule has 0 saturated heterocycles. The van der Waals surface area contributed by atoms with E-state index < -0.39 is 11.5 Å². The number of fused-ring (bicyclic) bond motifs is 1. The maximum absolute atomic E-state index is 11.9. The van der Waals surface area contributed by atoms with Crippen LogP contribution in [0.15, 0.2) is 29.2 Å². The van der Waals surface area contributed by atoms with Crippen molar-refractivity contribution in [3.8, 4) is 0 Å². The molecule has 5 heteroatoms. The van der Waals surface area contributed by atoms with Gasteiger partial charge in [0.25, 0.3) is 0 Å². The van der Waals surface area contributed by atoms with E-state index in [4.69, 9.17) is 0 Å².